The number of aromatic nitrogens is 4. The molecule has 5 rings (SSSR count). The highest BCUT2D eigenvalue weighted by atomic mass is 19.1. The highest BCUT2D eigenvalue weighted by Gasteiger charge is 2.23. The first kappa shape index (κ1) is 23.2. The van der Waals surface area contributed by atoms with Crippen LogP contribution in [0.15, 0.2) is 60.7 Å². The predicted molar refractivity (Wildman–Crippen MR) is 133 cm³/mol. The summed E-state index contributed by atoms with van der Waals surface area (Å²) in [7, 11) is -0.384. The summed E-state index contributed by atoms with van der Waals surface area (Å²) in [6, 6.07) is 16.0. The number of nitrogens with zero attached hydrogens (tertiary/aromatic N) is 4. The number of rotatable bonds is 7. The number of ether oxygens (including phenoxy) is 1. The smallest absolute Gasteiger partial charge is 0.468 e. The van der Waals surface area contributed by atoms with Gasteiger partial charge >= 0.3 is 13.1 Å². The summed E-state index contributed by atoms with van der Waals surface area (Å²) >= 11 is 0. The number of para-hydroxylation sites is 2. The van der Waals surface area contributed by atoms with Crippen LogP contribution in [0.25, 0.3) is 27.9 Å². The monoisotopic (exact) mass is 486 g/mol. The van der Waals surface area contributed by atoms with Gasteiger partial charge in [0.2, 0.25) is 5.95 Å². The highest BCUT2D eigenvalue weighted by molar-refractivity contribution is 6.61. The van der Waals surface area contributed by atoms with Crippen LogP contribution >= 0.6 is 0 Å². The van der Waals surface area contributed by atoms with Gasteiger partial charge in [0.15, 0.2) is 0 Å². The Balaban J connectivity index is 1.74. The van der Waals surface area contributed by atoms with Gasteiger partial charge in [-0.15, -0.1) is 0 Å². The molecule has 180 valence electrons. The molecule has 36 heavy (non-hydrogen) atoms. The minimum absolute atomic E-state index is 0.0937. The van der Waals surface area contributed by atoms with Crippen molar-refractivity contribution in [3.63, 3.8) is 0 Å². The molecule has 10 nitrogen and oxygen atoms in total. The normalized spacial score (nSPS) is 11.1. The zero-order valence-electron chi connectivity index (χ0n) is 19.0. The molecule has 1 amide bonds. The topological polar surface area (TPSA) is 148 Å². The molecule has 0 bridgehead atoms. The number of nitrogens with one attached hydrogen (secondary N) is 1. The maximum atomic E-state index is 13.7. The van der Waals surface area contributed by atoms with Crippen LogP contribution in [-0.2, 0) is 6.54 Å². The van der Waals surface area contributed by atoms with Crippen LogP contribution in [0.3, 0.4) is 0 Å². The van der Waals surface area contributed by atoms with Crippen LogP contribution in [0.5, 0.6) is 6.01 Å². The lowest BCUT2D eigenvalue weighted by atomic mass is 9.79. The standard InChI is InChI=1S/C24H20BFN6O4/c1-36-24-30-20-15(21(27)33)7-4-10-18(20)32(24)23-29-19-16(8-3-9-17(19)25(34)35)22(31-23)28-12-13-5-2-6-14(26)11-13/h2-11,34-35H,12H2,1H3,(H2,27,33)(H,28,29,31). The molecule has 0 fully saturated rings. The van der Waals surface area contributed by atoms with Crippen molar-refractivity contribution in [1.29, 1.82) is 0 Å². The number of carbonyl (C=O) groups is 1. The Kier molecular flexibility index (Phi) is 5.96. The van der Waals surface area contributed by atoms with Crippen molar-refractivity contribution in [2.24, 2.45) is 5.73 Å². The third kappa shape index (κ3) is 4.08. The minimum atomic E-state index is -1.80. The van der Waals surface area contributed by atoms with Crippen LogP contribution in [0.4, 0.5) is 10.2 Å². The molecule has 5 aromatic rings. The molecule has 2 heterocycles. The predicted octanol–water partition coefficient (Wildman–Crippen LogP) is 1.51. The zero-order chi connectivity index (χ0) is 25.4. The van der Waals surface area contributed by atoms with E-state index in [2.05, 4.69) is 20.3 Å². The number of methoxy groups -OCH3 is 1. The molecule has 0 radical (unpaired) electrons. The van der Waals surface area contributed by atoms with Crippen molar-refractivity contribution in [3.8, 4) is 12.0 Å². The number of imidazole rings is 1. The van der Waals surface area contributed by atoms with Crippen molar-refractivity contribution in [3.05, 3.63) is 77.6 Å². The Morgan fingerprint density at radius 1 is 1.08 bits per heavy atom. The number of amides is 1. The molecule has 0 saturated heterocycles. The summed E-state index contributed by atoms with van der Waals surface area (Å²) in [6.07, 6.45) is 0. The maximum absolute atomic E-state index is 13.7. The van der Waals surface area contributed by atoms with E-state index >= 15 is 0 Å². The highest BCUT2D eigenvalue weighted by Crippen LogP contribution is 2.29. The number of primary amides is 1. The van der Waals surface area contributed by atoms with E-state index in [0.29, 0.717) is 27.8 Å². The average Bonchev–Trinajstić information content (AvgIpc) is 3.25. The van der Waals surface area contributed by atoms with Gasteiger partial charge in [-0.2, -0.15) is 9.97 Å². The Morgan fingerprint density at radius 3 is 2.58 bits per heavy atom. The SMILES string of the molecule is COc1nc2c(C(N)=O)cccc2n1-c1nc(NCc2cccc(F)c2)c2cccc(B(O)O)c2n1. The third-order valence-electron chi connectivity index (χ3n) is 5.68. The van der Waals surface area contributed by atoms with Crippen molar-refractivity contribution in [2.45, 2.75) is 6.54 Å². The van der Waals surface area contributed by atoms with E-state index in [1.165, 1.54) is 29.9 Å². The van der Waals surface area contributed by atoms with Gasteiger partial charge < -0.3 is 25.8 Å². The molecule has 3 aromatic carbocycles. The third-order valence-corrected chi connectivity index (χ3v) is 5.68. The fourth-order valence-electron chi connectivity index (χ4n) is 4.05. The molecule has 0 atom stereocenters. The Labute approximate surface area is 204 Å². The molecule has 5 N–H and O–H groups in total. The van der Waals surface area contributed by atoms with Gasteiger partial charge in [0.1, 0.15) is 17.2 Å². The van der Waals surface area contributed by atoms with Gasteiger partial charge in [0, 0.05) is 17.4 Å². The molecule has 0 unspecified atom stereocenters. The van der Waals surface area contributed by atoms with Crippen LogP contribution in [0.2, 0.25) is 0 Å². The second-order valence-corrected chi connectivity index (χ2v) is 7.94. The quantitative estimate of drug-likeness (QED) is 0.253. The number of hydrogen-bond acceptors (Lipinski definition) is 8. The number of hydrogen-bond donors (Lipinski definition) is 4. The summed E-state index contributed by atoms with van der Waals surface area (Å²) in [5, 5.41) is 23.7. The number of nitrogens with two attached hydrogens (primary N) is 1. The minimum Gasteiger partial charge on any atom is -0.468 e. The fourth-order valence-corrected chi connectivity index (χ4v) is 4.05. The second kappa shape index (κ2) is 9.25. The molecule has 0 aliphatic heterocycles. The number of benzene rings is 3. The van der Waals surface area contributed by atoms with Gasteiger partial charge in [-0.1, -0.05) is 30.3 Å². The number of fused-ring (bicyclic) bond motifs is 2. The molecule has 2 aromatic heterocycles. The van der Waals surface area contributed by atoms with Crippen LogP contribution in [0.1, 0.15) is 15.9 Å². The van der Waals surface area contributed by atoms with E-state index in [1.807, 2.05) is 0 Å². The van der Waals surface area contributed by atoms with Gasteiger partial charge in [-0.25, -0.2) is 13.9 Å². The van der Waals surface area contributed by atoms with E-state index in [4.69, 9.17) is 10.5 Å². The van der Waals surface area contributed by atoms with E-state index in [-0.39, 0.29) is 40.9 Å². The van der Waals surface area contributed by atoms with Crippen molar-refractivity contribution in [1.82, 2.24) is 19.5 Å². The summed E-state index contributed by atoms with van der Waals surface area (Å²) < 4.78 is 20.6. The van der Waals surface area contributed by atoms with E-state index < -0.39 is 13.0 Å². The van der Waals surface area contributed by atoms with Crippen molar-refractivity contribution < 1.29 is 24.0 Å². The molecular formula is C24H20BFN6O4. The first-order chi connectivity index (χ1) is 17.4. The summed E-state index contributed by atoms with van der Waals surface area (Å²) in [5.74, 6) is -0.571. The van der Waals surface area contributed by atoms with E-state index in [9.17, 15) is 19.2 Å². The Hall–Kier alpha value is -4.55. The molecule has 0 aliphatic rings. The van der Waals surface area contributed by atoms with Crippen LogP contribution in [-0.4, -0.2) is 49.7 Å². The van der Waals surface area contributed by atoms with Gasteiger partial charge in [0.05, 0.1) is 23.7 Å². The molecule has 0 saturated carbocycles. The first-order valence-corrected chi connectivity index (χ1v) is 10.9. The number of anilines is 1. The lowest BCUT2D eigenvalue weighted by Crippen LogP contribution is -2.31. The lowest BCUT2D eigenvalue weighted by Gasteiger charge is -2.14. The van der Waals surface area contributed by atoms with E-state index in [0.717, 1.165) is 0 Å². The molecule has 0 aliphatic carbocycles. The lowest BCUT2D eigenvalue weighted by molar-refractivity contribution is 0.100. The van der Waals surface area contributed by atoms with Crippen molar-refractivity contribution >= 4 is 46.2 Å². The number of carbonyl (C=O) groups excluding carboxylic acids is 1. The molecule has 12 heteroatoms. The molecular weight excluding hydrogens is 466 g/mol. The molecule has 0 spiro atoms. The van der Waals surface area contributed by atoms with Gasteiger partial charge in [-0.05, 0) is 35.9 Å². The second-order valence-electron chi connectivity index (χ2n) is 7.94. The van der Waals surface area contributed by atoms with Gasteiger partial charge in [0.25, 0.3) is 5.91 Å². The summed E-state index contributed by atoms with van der Waals surface area (Å²) in [4.78, 5) is 25.6. The van der Waals surface area contributed by atoms with Crippen LogP contribution < -0.4 is 21.3 Å². The van der Waals surface area contributed by atoms with Gasteiger partial charge in [-0.3, -0.25) is 4.79 Å². The Bertz CT molecular complexity index is 1620. The zero-order valence-corrected chi connectivity index (χ0v) is 19.0. The Morgan fingerprint density at radius 2 is 1.86 bits per heavy atom. The maximum Gasteiger partial charge on any atom is 0.490 e. The fraction of sp³-hybridized carbons (Fsp3) is 0.0833. The van der Waals surface area contributed by atoms with E-state index in [1.54, 1.807) is 42.5 Å². The largest absolute Gasteiger partial charge is 0.490 e. The first-order valence-electron chi connectivity index (χ1n) is 10.9. The van der Waals surface area contributed by atoms with Crippen LogP contribution in [0, 0.1) is 5.82 Å². The average molecular weight is 486 g/mol. The summed E-state index contributed by atoms with van der Waals surface area (Å²) in [5.41, 5.74) is 7.59. The number of halogens is 1. The van der Waals surface area contributed by atoms with Crippen molar-refractivity contribution in [2.75, 3.05) is 12.4 Å². The summed E-state index contributed by atoms with van der Waals surface area (Å²) in [6.45, 7) is 0.239.